The highest BCUT2D eigenvalue weighted by Crippen LogP contribution is 2.12. The number of halogens is 1. The lowest BCUT2D eigenvalue weighted by Crippen LogP contribution is -2.29. The molecular weight excluding hydrogens is 276 g/mol. The molecule has 1 heterocycles. The normalized spacial score (nSPS) is 11.1. The summed E-state index contributed by atoms with van der Waals surface area (Å²) < 4.78 is 5.30. The predicted octanol–water partition coefficient (Wildman–Crippen LogP) is 2.81. The van der Waals surface area contributed by atoms with Crippen LogP contribution < -0.4 is 5.32 Å². The third-order valence-electron chi connectivity index (χ3n) is 2.90. The Morgan fingerprint density at radius 3 is 2.70 bits per heavy atom. The molecule has 0 aliphatic rings. The van der Waals surface area contributed by atoms with E-state index in [0.717, 1.165) is 32.0 Å². The van der Waals surface area contributed by atoms with Crippen molar-refractivity contribution in [3.05, 3.63) is 17.0 Å². The summed E-state index contributed by atoms with van der Waals surface area (Å²) in [6, 6.07) is 1.74. The maximum absolute atomic E-state index is 5.99. The van der Waals surface area contributed by atoms with Gasteiger partial charge in [-0.1, -0.05) is 25.4 Å². The van der Waals surface area contributed by atoms with Crippen molar-refractivity contribution in [2.45, 2.75) is 33.8 Å². The van der Waals surface area contributed by atoms with E-state index in [4.69, 9.17) is 16.3 Å². The maximum atomic E-state index is 5.99. The molecule has 1 aromatic heterocycles. The molecule has 1 aromatic rings. The first-order valence-corrected chi connectivity index (χ1v) is 7.64. The zero-order valence-corrected chi connectivity index (χ0v) is 13.4. The highest BCUT2D eigenvalue weighted by atomic mass is 35.5. The number of aromatic nitrogens is 2. The van der Waals surface area contributed by atoms with Gasteiger partial charge in [0.1, 0.15) is 17.6 Å². The van der Waals surface area contributed by atoms with Gasteiger partial charge in [0.05, 0.1) is 0 Å². The van der Waals surface area contributed by atoms with Crippen molar-refractivity contribution in [3.8, 4) is 0 Å². The summed E-state index contributed by atoms with van der Waals surface area (Å²) in [5, 5.41) is 3.74. The van der Waals surface area contributed by atoms with Gasteiger partial charge in [-0.3, -0.25) is 0 Å². The van der Waals surface area contributed by atoms with Gasteiger partial charge in [-0.15, -0.1) is 0 Å². The highest BCUT2D eigenvalue weighted by molar-refractivity contribution is 6.29. The van der Waals surface area contributed by atoms with E-state index in [2.05, 4.69) is 34.0 Å². The minimum Gasteiger partial charge on any atom is -0.374 e. The van der Waals surface area contributed by atoms with E-state index in [1.807, 2.05) is 6.92 Å². The molecule has 5 nitrogen and oxygen atoms in total. The van der Waals surface area contributed by atoms with E-state index in [-0.39, 0.29) is 0 Å². The van der Waals surface area contributed by atoms with Gasteiger partial charge in [0.2, 0.25) is 0 Å². The molecule has 0 spiro atoms. The van der Waals surface area contributed by atoms with Crippen molar-refractivity contribution in [3.63, 3.8) is 0 Å². The van der Waals surface area contributed by atoms with E-state index in [1.54, 1.807) is 6.07 Å². The highest BCUT2D eigenvalue weighted by Gasteiger charge is 2.04. The third kappa shape index (κ3) is 6.50. The molecule has 0 fully saturated rings. The molecule has 0 aliphatic carbocycles. The smallest absolute Gasteiger partial charge is 0.158 e. The molecule has 0 bridgehead atoms. The molecule has 0 aliphatic heterocycles. The van der Waals surface area contributed by atoms with Gasteiger partial charge in [-0.25, -0.2) is 9.97 Å². The van der Waals surface area contributed by atoms with E-state index in [9.17, 15) is 0 Å². The first-order chi connectivity index (χ1) is 9.69. The van der Waals surface area contributed by atoms with Crippen LogP contribution in [-0.4, -0.2) is 47.7 Å². The van der Waals surface area contributed by atoms with Crippen LogP contribution in [-0.2, 0) is 11.3 Å². The fraction of sp³-hybridized carbons (Fsp3) is 0.714. The number of likely N-dealkylation sites (N-methyl/N-ethyl adjacent to an activating group) is 1. The largest absolute Gasteiger partial charge is 0.374 e. The Kier molecular flexibility index (Phi) is 8.49. The molecule has 0 amide bonds. The van der Waals surface area contributed by atoms with Gasteiger partial charge in [-0.05, 0) is 26.4 Å². The first kappa shape index (κ1) is 17.1. The minimum absolute atomic E-state index is 0.392. The van der Waals surface area contributed by atoms with Crippen molar-refractivity contribution in [2.24, 2.45) is 0 Å². The summed E-state index contributed by atoms with van der Waals surface area (Å²) in [5.74, 6) is 1.37. The lowest BCUT2D eigenvalue weighted by molar-refractivity contribution is 0.128. The molecule has 20 heavy (non-hydrogen) atoms. The van der Waals surface area contributed by atoms with Gasteiger partial charge in [-0.2, -0.15) is 0 Å². The summed E-state index contributed by atoms with van der Waals surface area (Å²) in [6.45, 7) is 11.4. The number of ether oxygens (including phenoxy) is 1. The average Bonchev–Trinajstić information content (AvgIpc) is 2.43. The van der Waals surface area contributed by atoms with E-state index >= 15 is 0 Å². The zero-order chi connectivity index (χ0) is 14.8. The van der Waals surface area contributed by atoms with Crippen molar-refractivity contribution in [1.82, 2.24) is 14.9 Å². The molecular formula is C14H25ClN4O. The van der Waals surface area contributed by atoms with Gasteiger partial charge >= 0.3 is 0 Å². The second-order valence-electron chi connectivity index (χ2n) is 4.49. The van der Waals surface area contributed by atoms with Gasteiger partial charge < -0.3 is 15.0 Å². The molecule has 0 saturated heterocycles. The van der Waals surface area contributed by atoms with Crippen molar-refractivity contribution < 1.29 is 4.74 Å². The molecule has 0 aromatic carbocycles. The number of nitrogens with zero attached hydrogens (tertiary/aromatic N) is 3. The van der Waals surface area contributed by atoms with Crippen LogP contribution in [0.25, 0.3) is 0 Å². The molecule has 0 unspecified atom stereocenters. The predicted molar refractivity (Wildman–Crippen MR) is 83.3 cm³/mol. The van der Waals surface area contributed by atoms with Crippen LogP contribution in [0.2, 0.25) is 5.15 Å². The van der Waals surface area contributed by atoms with Crippen molar-refractivity contribution >= 4 is 17.4 Å². The SMILES string of the molecule is CCCN(CC)CCNc1cc(Cl)nc(COCC)n1. The molecule has 6 heteroatoms. The summed E-state index contributed by atoms with van der Waals surface area (Å²) >= 11 is 5.99. The topological polar surface area (TPSA) is 50.3 Å². The monoisotopic (exact) mass is 300 g/mol. The number of nitrogens with one attached hydrogen (secondary N) is 1. The number of hydrogen-bond acceptors (Lipinski definition) is 5. The first-order valence-electron chi connectivity index (χ1n) is 7.27. The van der Waals surface area contributed by atoms with Crippen LogP contribution in [0.5, 0.6) is 0 Å². The summed E-state index contributed by atoms with van der Waals surface area (Å²) in [5.41, 5.74) is 0. The van der Waals surface area contributed by atoms with E-state index in [0.29, 0.717) is 24.2 Å². The van der Waals surface area contributed by atoms with Gasteiger partial charge in [0, 0.05) is 25.8 Å². The van der Waals surface area contributed by atoms with Crippen LogP contribution in [0.1, 0.15) is 33.0 Å². The Morgan fingerprint density at radius 2 is 2.05 bits per heavy atom. The maximum Gasteiger partial charge on any atom is 0.158 e. The van der Waals surface area contributed by atoms with Crippen molar-refractivity contribution in [1.29, 1.82) is 0 Å². The lowest BCUT2D eigenvalue weighted by Gasteiger charge is -2.19. The quantitative estimate of drug-likeness (QED) is 0.673. The lowest BCUT2D eigenvalue weighted by atomic mass is 10.4. The average molecular weight is 301 g/mol. The van der Waals surface area contributed by atoms with Gasteiger partial charge in [0.25, 0.3) is 0 Å². The molecule has 1 rings (SSSR count). The Labute approximate surface area is 126 Å². The Hall–Kier alpha value is -0.910. The summed E-state index contributed by atoms with van der Waals surface area (Å²) in [6.07, 6.45) is 1.17. The second-order valence-corrected chi connectivity index (χ2v) is 4.88. The fourth-order valence-corrected chi connectivity index (χ4v) is 2.10. The summed E-state index contributed by atoms with van der Waals surface area (Å²) in [4.78, 5) is 10.9. The molecule has 0 saturated carbocycles. The summed E-state index contributed by atoms with van der Waals surface area (Å²) in [7, 11) is 0. The van der Waals surface area contributed by atoms with Crippen LogP contribution >= 0.6 is 11.6 Å². The Balaban J connectivity index is 2.48. The van der Waals surface area contributed by atoms with Crippen LogP contribution in [0, 0.1) is 0 Å². The van der Waals surface area contributed by atoms with Crippen LogP contribution in [0.3, 0.4) is 0 Å². The minimum atomic E-state index is 0.392. The molecule has 0 radical (unpaired) electrons. The van der Waals surface area contributed by atoms with E-state index in [1.165, 1.54) is 6.42 Å². The number of hydrogen-bond donors (Lipinski definition) is 1. The Morgan fingerprint density at radius 1 is 1.25 bits per heavy atom. The standard InChI is InChI=1S/C14H25ClN4O/c1-4-8-19(5-2)9-7-16-13-10-12(15)17-14(18-13)11-20-6-3/h10H,4-9,11H2,1-3H3,(H,16,17,18). The van der Waals surface area contributed by atoms with E-state index < -0.39 is 0 Å². The third-order valence-corrected chi connectivity index (χ3v) is 3.09. The number of anilines is 1. The second kappa shape index (κ2) is 9.91. The molecule has 1 N–H and O–H groups in total. The van der Waals surface area contributed by atoms with Crippen LogP contribution in [0.15, 0.2) is 6.07 Å². The molecule has 0 atom stereocenters. The van der Waals surface area contributed by atoms with Crippen LogP contribution in [0.4, 0.5) is 5.82 Å². The fourth-order valence-electron chi connectivity index (χ4n) is 1.90. The number of rotatable bonds is 10. The van der Waals surface area contributed by atoms with Gasteiger partial charge in [0.15, 0.2) is 5.82 Å². The zero-order valence-electron chi connectivity index (χ0n) is 12.7. The molecule has 114 valence electrons. The Bertz CT molecular complexity index is 389. The van der Waals surface area contributed by atoms with Crippen molar-refractivity contribution in [2.75, 3.05) is 38.1 Å².